The number of β-amino-alcohol motifs (C(OH)–C–C–N with tert-alkyl or cyclic N) is 1. The van der Waals surface area contributed by atoms with Gasteiger partial charge in [-0.3, -0.25) is 4.79 Å². The van der Waals surface area contributed by atoms with E-state index in [-0.39, 0.29) is 5.91 Å². The van der Waals surface area contributed by atoms with E-state index in [2.05, 4.69) is 25.5 Å². The zero-order chi connectivity index (χ0) is 23.8. The molecule has 4 rings (SSSR count). The lowest BCUT2D eigenvalue weighted by Crippen LogP contribution is -2.53. The number of ether oxygens (including phenoxy) is 1. The van der Waals surface area contributed by atoms with Crippen LogP contribution in [-0.4, -0.2) is 77.9 Å². The van der Waals surface area contributed by atoms with Gasteiger partial charge in [0, 0.05) is 58.8 Å². The van der Waals surface area contributed by atoms with Crippen LogP contribution < -0.4 is 20.3 Å². The number of carbonyl (C=O) groups excluding carboxylic acids is 1. The normalized spacial score (nSPS) is 20.6. The third-order valence-corrected chi connectivity index (χ3v) is 6.51. The number of anilines is 2. The second-order valence-electron chi connectivity index (χ2n) is 9.19. The fourth-order valence-electron chi connectivity index (χ4n) is 4.64. The lowest BCUT2D eigenvalue weighted by Gasteiger charge is -2.40. The van der Waals surface area contributed by atoms with Crippen molar-refractivity contribution >= 4 is 17.5 Å². The molecule has 2 fully saturated rings. The van der Waals surface area contributed by atoms with Crippen molar-refractivity contribution < 1.29 is 14.6 Å². The Labute approximate surface area is 201 Å². The van der Waals surface area contributed by atoms with Crippen LogP contribution in [0.3, 0.4) is 0 Å². The molecule has 9 heteroatoms. The van der Waals surface area contributed by atoms with Crippen molar-refractivity contribution in [2.75, 3.05) is 56.6 Å². The van der Waals surface area contributed by atoms with Gasteiger partial charge in [-0.25, -0.2) is 9.97 Å². The summed E-state index contributed by atoms with van der Waals surface area (Å²) in [4.78, 5) is 24.2. The molecular formula is C25H36N6O3. The van der Waals surface area contributed by atoms with Crippen LogP contribution in [0.1, 0.15) is 37.7 Å². The van der Waals surface area contributed by atoms with E-state index < -0.39 is 5.60 Å². The van der Waals surface area contributed by atoms with Gasteiger partial charge >= 0.3 is 0 Å². The molecule has 1 unspecified atom stereocenters. The molecule has 2 aromatic rings. The van der Waals surface area contributed by atoms with Crippen molar-refractivity contribution in [3.63, 3.8) is 0 Å². The average molecular weight is 469 g/mol. The van der Waals surface area contributed by atoms with Gasteiger partial charge in [-0.15, -0.1) is 0 Å². The molecule has 1 aromatic heterocycles. The van der Waals surface area contributed by atoms with Crippen molar-refractivity contribution in [1.82, 2.24) is 20.2 Å². The molecule has 0 aliphatic carbocycles. The molecule has 0 bridgehead atoms. The van der Waals surface area contributed by atoms with E-state index in [4.69, 9.17) is 4.74 Å². The summed E-state index contributed by atoms with van der Waals surface area (Å²) in [5, 5.41) is 17.6. The molecule has 9 nitrogen and oxygen atoms in total. The van der Waals surface area contributed by atoms with Crippen molar-refractivity contribution in [3.05, 3.63) is 42.2 Å². The number of likely N-dealkylation sites (tertiary alicyclic amines) is 1. The zero-order valence-electron chi connectivity index (χ0n) is 20.0. The molecule has 34 heavy (non-hydrogen) atoms. The standard InChI is InChI=1S/C25H36N6O3/c1-26-22-15-23(29-19-28-22)31-12-3-10-25(33,18-31)17-27-16-20-6-8-21(9-7-20)34-14-4-13-30-11-2-5-24(30)32/h6-9,15,19,27,33H,2-5,10-14,16-18H2,1H3,(H,26,28,29). The Balaban J connectivity index is 1.18. The zero-order valence-corrected chi connectivity index (χ0v) is 20.0. The minimum atomic E-state index is -0.803. The van der Waals surface area contributed by atoms with Gasteiger partial charge in [-0.1, -0.05) is 12.1 Å². The SMILES string of the molecule is CNc1cc(N2CCCC(O)(CNCc3ccc(OCCCN4CCCC4=O)cc3)C2)ncn1. The van der Waals surface area contributed by atoms with Crippen molar-refractivity contribution in [3.8, 4) is 5.75 Å². The Morgan fingerprint density at radius 1 is 1.18 bits per heavy atom. The van der Waals surface area contributed by atoms with Crippen LogP contribution in [0.5, 0.6) is 5.75 Å². The van der Waals surface area contributed by atoms with Crippen LogP contribution in [0.15, 0.2) is 36.7 Å². The quantitative estimate of drug-likeness (QED) is 0.431. The molecule has 2 saturated heterocycles. The first-order valence-corrected chi connectivity index (χ1v) is 12.2. The number of benzene rings is 1. The number of rotatable bonds is 11. The number of hydrogen-bond acceptors (Lipinski definition) is 8. The van der Waals surface area contributed by atoms with E-state index in [0.717, 1.165) is 68.3 Å². The molecule has 1 aromatic carbocycles. The fraction of sp³-hybridized carbons (Fsp3) is 0.560. The molecule has 3 heterocycles. The average Bonchev–Trinajstić information content (AvgIpc) is 3.27. The molecule has 2 aliphatic heterocycles. The van der Waals surface area contributed by atoms with Crippen LogP contribution in [0.25, 0.3) is 0 Å². The number of carbonyl (C=O) groups is 1. The van der Waals surface area contributed by atoms with Gasteiger partial charge < -0.3 is 30.3 Å². The molecule has 184 valence electrons. The maximum absolute atomic E-state index is 11.6. The van der Waals surface area contributed by atoms with E-state index >= 15 is 0 Å². The third kappa shape index (κ3) is 6.57. The molecule has 3 N–H and O–H groups in total. The van der Waals surface area contributed by atoms with Crippen LogP contribution in [-0.2, 0) is 11.3 Å². The Morgan fingerprint density at radius 3 is 2.79 bits per heavy atom. The summed E-state index contributed by atoms with van der Waals surface area (Å²) in [6, 6.07) is 9.95. The van der Waals surface area contributed by atoms with Crippen molar-refractivity contribution in [1.29, 1.82) is 0 Å². The van der Waals surface area contributed by atoms with Gasteiger partial charge in [0.15, 0.2) is 0 Å². The van der Waals surface area contributed by atoms with E-state index in [9.17, 15) is 9.90 Å². The van der Waals surface area contributed by atoms with Gasteiger partial charge in [0.25, 0.3) is 0 Å². The smallest absolute Gasteiger partial charge is 0.222 e. The first-order valence-electron chi connectivity index (χ1n) is 12.2. The van der Waals surface area contributed by atoms with Crippen LogP contribution in [0, 0.1) is 0 Å². The lowest BCUT2D eigenvalue weighted by atomic mass is 9.92. The molecular weight excluding hydrogens is 432 g/mol. The highest BCUT2D eigenvalue weighted by atomic mass is 16.5. The Morgan fingerprint density at radius 2 is 2.03 bits per heavy atom. The minimum Gasteiger partial charge on any atom is -0.494 e. The van der Waals surface area contributed by atoms with Crippen molar-refractivity contribution in [2.45, 2.75) is 44.2 Å². The number of nitrogens with zero attached hydrogens (tertiary/aromatic N) is 4. The highest BCUT2D eigenvalue weighted by Gasteiger charge is 2.33. The maximum atomic E-state index is 11.6. The number of hydrogen-bond donors (Lipinski definition) is 3. The first-order chi connectivity index (χ1) is 16.5. The van der Waals surface area contributed by atoms with Gasteiger partial charge in [0.1, 0.15) is 23.7 Å². The largest absolute Gasteiger partial charge is 0.494 e. The summed E-state index contributed by atoms with van der Waals surface area (Å²) >= 11 is 0. The summed E-state index contributed by atoms with van der Waals surface area (Å²) in [5.74, 6) is 2.70. The van der Waals surface area contributed by atoms with Crippen LogP contribution in [0.2, 0.25) is 0 Å². The number of aromatic nitrogens is 2. The molecule has 0 radical (unpaired) electrons. The summed E-state index contributed by atoms with van der Waals surface area (Å²) in [6.45, 7) is 4.86. The first kappa shape index (κ1) is 24.2. The topological polar surface area (TPSA) is 103 Å². The predicted octanol–water partition coefficient (Wildman–Crippen LogP) is 2.03. The highest BCUT2D eigenvalue weighted by Crippen LogP contribution is 2.25. The minimum absolute atomic E-state index is 0.263. The Kier molecular flexibility index (Phi) is 8.18. The van der Waals surface area contributed by atoms with Gasteiger partial charge in [0.05, 0.1) is 12.2 Å². The summed E-state index contributed by atoms with van der Waals surface area (Å²) in [7, 11) is 1.83. The van der Waals surface area contributed by atoms with E-state index in [1.54, 1.807) is 6.33 Å². The number of aliphatic hydroxyl groups is 1. The molecule has 1 amide bonds. The van der Waals surface area contributed by atoms with Gasteiger partial charge in [-0.2, -0.15) is 0 Å². The van der Waals surface area contributed by atoms with Crippen LogP contribution >= 0.6 is 0 Å². The van der Waals surface area contributed by atoms with Crippen LogP contribution in [0.4, 0.5) is 11.6 Å². The fourth-order valence-corrected chi connectivity index (χ4v) is 4.64. The maximum Gasteiger partial charge on any atom is 0.222 e. The summed E-state index contributed by atoms with van der Waals surface area (Å²) < 4.78 is 5.82. The molecule has 2 aliphatic rings. The predicted molar refractivity (Wildman–Crippen MR) is 132 cm³/mol. The number of piperidine rings is 1. The number of amides is 1. The molecule has 1 atom stereocenters. The lowest BCUT2D eigenvalue weighted by molar-refractivity contribution is -0.127. The Bertz CT molecular complexity index is 941. The third-order valence-electron chi connectivity index (χ3n) is 6.51. The molecule has 0 spiro atoms. The number of nitrogens with one attached hydrogen (secondary N) is 2. The van der Waals surface area contributed by atoms with E-state index in [0.29, 0.717) is 32.7 Å². The van der Waals surface area contributed by atoms with Crippen molar-refractivity contribution in [2.24, 2.45) is 0 Å². The van der Waals surface area contributed by atoms with E-state index in [1.165, 1.54) is 0 Å². The summed E-state index contributed by atoms with van der Waals surface area (Å²) in [5.41, 5.74) is 0.337. The van der Waals surface area contributed by atoms with E-state index in [1.807, 2.05) is 42.3 Å². The second-order valence-corrected chi connectivity index (χ2v) is 9.19. The molecule has 0 saturated carbocycles. The second kappa shape index (κ2) is 11.5. The monoisotopic (exact) mass is 468 g/mol. The van der Waals surface area contributed by atoms with Gasteiger partial charge in [0.2, 0.25) is 5.91 Å². The summed E-state index contributed by atoms with van der Waals surface area (Å²) in [6.07, 6.45) is 5.73. The Hall–Kier alpha value is -2.91. The highest BCUT2D eigenvalue weighted by molar-refractivity contribution is 5.77. The van der Waals surface area contributed by atoms with Gasteiger partial charge in [-0.05, 0) is 43.4 Å².